The molecular formula is C15H25N3O3. The molecule has 0 aromatic carbocycles. The molecule has 1 aromatic heterocycles. The van der Waals surface area contributed by atoms with Gasteiger partial charge in [0.05, 0.1) is 25.0 Å². The number of nitrogen functional groups attached to an aromatic ring is 1. The molecular weight excluding hydrogens is 270 g/mol. The maximum absolute atomic E-state index is 12.6. The van der Waals surface area contributed by atoms with E-state index in [0.29, 0.717) is 31.1 Å². The third kappa shape index (κ3) is 3.98. The van der Waals surface area contributed by atoms with Crippen molar-refractivity contribution in [3.63, 3.8) is 0 Å². The van der Waals surface area contributed by atoms with E-state index in [1.165, 1.54) is 0 Å². The summed E-state index contributed by atoms with van der Waals surface area (Å²) in [6.45, 7) is 4.67. The second-order valence-corrected chi connectivity index (χ2v) is 5.44. The van der Waals surface area contributed by atoms with Gasteiger partial charge in [0.2, 0.25) is 0 Å². The van der Waals surface area contributed by atoms with E-state index in [1.807, 2.05) is 15.7 Å². The second-order valence-electron chi connectivity index (χ2n) is 5.44. The number of carbonyl (C=O) groups excluding carboxylic acids is 1. The zero-order chi connectivity index (χ0) is 15.2. The minimum absolute atomic E-state index is 0.0424. The molecule has 0 atom stereocenters. The first-order valence-corrected chi connectivity index (χ1v) is 7.63. The molecule has 1 aliphatic heterocycles. The molecule has 1 saturated heterocycles. The number of aliphatic hydroxyl groups excluding tert-OH is 1. The number of anilines is 1. The van der Waals surface area contributed by atoms with Crippen molar-refractivity contribution in [1.29, 1.82) is 0 Å². The number of rotatable bonds is 6. The number of aromatic nitrogens is 1. The van der Waals surface area contributed by atoms with Crippen molar-refractivity contribution in [2.75, 3.05) is 32.0 Å². The van der Waals surface area contributed by atoms with Crippen LogP contribution in [-0.4, -0.2) is 52.9 Å². The number of ether oxygens (including phenoxy) is 1. The highest BCUT2D eigenvalue weighted by Crippen LogP contribution is 2.19. The number of piperidine rings is 1. The largest absolute Gasteiger partial charge is 0.397 e. The van der Waals surface area contributed by atoms with Gasteiger partial charge >= 0.3 is 0 Å². The Morgan fingerprint density at radius 2 is 2.19 bits per heavy atom. The smallest absolute Gasteiger partial charge is 0.270 e. The lowest BCUT2D eigenvalue weighted by atomic mass is 10.1. The van der Waals surface area contributed by atoms with Gasteiger partial charge in [-0.15, -0.1) is 0 Å². The molecule has 3 N–H and O–H groups in total. The summed E-state index contributed by atoms with van der Waals surface area (Å²) in [7, 11) is 0. The molecule has 1 amide bonds. The van der Waals surface area contributed by atoms with E-state index in [1.54, 1.807) is 6.07 Å². The van der Waals surface area contributed by atoms with Gasteiger partial charge < -0.3 is 25.0 Å². The number of nitrogens with zero attached hydrogens (tertiary/aromatic N) is 2. The Bertz CT molecular complexity index is 465. The number of aliphatic hydroxyl groups is 1. The van der Waals surface area contributed by atoms with Crippen LogP contribution in [0.4, 0.5) is 5.69 Å². The van der Waals surface area contributed by atoms with Crippen LogP contribution >= 0.6 is 0 Å². The molecule has 1 aromatic rings. The van der Waals surface area contributed by atoms with Gasteiger partial charge in [-0.1, -0.05) is 6.92 Å². The first-order valence-electron chi connectivity index (χ1n) is 7.63. The lowest BCUT2D eigenvalue weighted by Crippen LogP contribution is -2.41. The third-order valence-corrected chi connectivity index (χ3v) is 3.78. The van der Waals surface area contributed by atoms with E-state index in [0.717, 1.165) is 25.8 Å². The van der Waals surface area contributed by atoms with Crippen LogP contribution in [0.5, 0.6) is 0 Å². The Balaban J connectivity index is 1.95. The van der Waals surface area contributed by atoms with Crippen LogP contribution in [0.3, 0.4) is 0 Å². The normalized spacial score (nSPS) is 16.4. The Hall–Kier alpha value is -1.53. The van der Waals surface area contributed by atoms with Crippen molar-refractivity contribution in [3.8, 4) is 0 Å². The minimum Gasteiger partial charge on any atom is -0.397 e. The quantitative estimate of drug-likeness (QED) is 0.823. The van der Waals surface area contributed by atoms with Gasteiger partial charge in [0.25, 0.3) is 5.91 Å². The van der Waals surface area contributed by atoms with Gasteiger partial charge in [-0.2, -0.15) is 0 Å². The summed E-state index contributed by atoms with van der Waals surface area (Å²) in [6.07, 6.45) is 4.57. The molecule has 0 aliphatic carbocycles. The summed E-state index contributed by atoms with van der Waals surface area (Å²) in [5, 5.41) is 8.77. The first-order chi connectivity index (χ1) is 10.2. The molecule has 21 heavy (non-hydrogen) atoms. The van der Waals surface area contributed by atoms with Gasteiger partial charge in [0.1, 0.15) is 5.69 Å². The summed E-state index contributed by atoms with van der Waals surface area (Å²) in [5.41, 5.74) is 7.12. The number of aryl methyl sites for hydroxylation is 1. The molecule has 6 nitrogen and oxygen atoms in total. The maximum Gasteiger partial charge on any atom is 0.270 e. The Kier molecular flexibility index (Phi) is 5.64. The topological polar surface area (TPSA) is 80.7 Å². The predicted molar refractivity (Wildman–Crippen MR) is 81.1 cm³/mol. The van der Waals surface area contributed by atoms with Crippen molar-refractivity contribution in [1.82, 2.24) is 9.47 Å². The van der Waals surface area contributed by atoms with Crippen LogP contribution in [0, 0.1) is 0 Å². The molecule has 0 spiro atoms. The predicted octanol–water partition coefficient (Wildman–Crippen LogP) is 1.09. The molecule has 0 saturated carbocycles. The van der Waals surface area contributed by atoms with Crippen LogP contribution in [-0.2, 0) is 11.3 Å². The summed E-state index contributed by atoms with van der Waals surface area (Å²) in [6, 6.07) is 1.76. The zero-order valence-corrected chi connectivity index (χ0v) is 12.6. The highest BCUT2D eigenvalue weighted by Gasteiger charge is 2.25. The summed E-state index contributed by atoms with van der Waals surface area (Å²) < 4.78 is 7.46. The molecule has 2 rings (SSSR count). The monoisotopic (exact) mass is 295 g/mol. The highest BCUT2D eigenvalue weighted by atomic mass is 16.5. The number of hydrogen-bond acceptors (Lipinski definition) is 4. The van der Waals surface area contributed by atoms with Crippen molar-refractivity contribution in [2.45, 2.75) is 38.8 Å². The lowest BCUT2D eigenvalue weighted by molar-refractivity contribution is -0.00573. The molecule has 118 valence electrons. The number of hydrogen-bond donors (Lipinski definition) is 2. The molecule has 1 fully saturated rings. The van der Waals surface area contributed by atoms with Gasteiger partial charge in [-0.3, -0.25) is 4.79 Å². The van der Waals surface area contributed by atoms with Crippen LogP contribution in [0.25, 0.3) is 0 Å². The van der Waals surface area contributed by atoms with Crippen molar-refractivity contribution >= 4 is 11.6 Å². The van der Waals surface area contributed by atoms with Crippen molar-refractivity contribution < 1.29 is 14.6 Å². The number of amides is 1. The zero-order valence-electron chi connectivity index (χ0n) is 12.6. The molecule has 0 bridgehead atoms. The average molecular weight is 295 g/mol. The molecule has 6 heteroatoms. The summed E-state index contributed by atoms with van der Waals surface area (Å²) in [5.74, 6) is 0.0424. The fourth-order valence-electron chi connectivity index (χ4n) is 2.74. The van der Waals surface area contributed by atoms with E-state index < -0.39 is 0 Å². The van der Waals surface area contributed by atoms with Gasteiger partial charge in [-0.05, 0) is 25.3 Å². The number of nitrogens with two attached hydrogens (primary N) is 1. The van der Waals surface area contributed by atoms with Crippen LogP contribution in [0.15, 0.2) is 12.3 Å². The number of carbonyl (C=O) groups is 1. The van der Waals surface area contributed by atoms with Crippen LogP contribution < -0.4 is 5.73 Å². The fraction of sp³-hybridized carbons (Fsp3) is 0.667. The van der Waals surface area contributed by atoms with E-state index in [4.69, 9.17) is 15.6 Å². The van der Waals surface area contributed by atoms with Gasteiger partial charge in [0.15, 0.2) is 0 Å². The summed E-state index contributed by atoms with van der Waals surface area (Å²) >= 11 is 0. The van der Waals surface area contributed by atoms with E-state index in [9.17, 15) is 4.79 Å². The van der Waals surface area contributed by atoms with Crippen molar-refractivity contribution in [2.24, 2.45) is 0 Å². The SMILES string of the molecule is CCCn1cc(N)cc1C(=O)N1CCC(OCCO)CC1. The van der Waals surface area contributed by atoms with Crippen molar-refractivity contribution in [3.05, 3.63) is 18.0 Å². The van der Waals surface area contributed by atoms with E-state index in [2.05, 4.69) is 6.92 Å². The average Bonchev–Trinajstić information content (AvgIpc) is 2.86. The Labute approximate surface area is 125 Å². The first kappa shape index (κ1) is 15.9. The molecule has 0 radical (unpaired) electrons. The maximum atomic E-state index is 12.6. The molecule has 2 heterocycles. The van der Waals surface area contributed by atoms with Gasteiger partial charge in [-0.25, -0.2) is 0 Å². The van der Waals surface area contributed by atoms with E-state index in [-0.39, 0.29) is 18.6 Å². The van der Waals surface area contributed by atoms with Gasteiger partial charge in [0, 0.05) is 25.8 Å². The molecule has 1 aliphatic rings. The lowest BCUT2D eigenvalue weighted by Gasteiger charge is -2.32. The third-order valence-electron chi connectivity index (χ3n) is 3.78. The minimum atomic E-state index is 0.0424. The highest BCUT2D eigenvalue weighted by molar-refractivity contribution is 5.93. The van der Waals surface area contributed by atoms with Crippen LogP contribution in [0.1, 0.15) is 36.7 Å². The number of likely N-dealkylation sites (tertiary alicyclic amines) is 1. The summed E-state index contributed by atoms with van der Waals surface area (Å²) in [4.78, 5) is 14.5. The van der Waals surface area contributed by atoms with E-state index >= 15 is 0 Å². The fourth-order valence-corrected chi connectivity index (χ4v) is 2.74. The standard InChI is InChI=1S/C15H25N3O3/c1-2-5-18-11-12(16)10-14(18)15(20)17-6-3-13(4-7-17)21-9-8-19/h10-11,13,19H,2-9,16H2,1H3. The van der Waals surface area contributed by atoms with Crippen LogP contribution in [0.2, 0.25) is 0 Å². The Morgan fingerprint density at radius 3 is 2.81 bits per heavy atom. The molecule has 0 unspecified atom stereocenters. The second kappa shape index (κ2) is 7.47. The Morgan fingerprint density at radius 1 is 1.48 bits per heavy atom.